The summed E-state index contributed by atoms with van der Waals surface area (Å²) in [6, 6.07) is 7.39. The first-order chi connectivity index (χ1) is 9.49. The minimum atomic E-state index is -0.187. The summed E-state index contributed by atoms with van der Waals surface area (Å²) in [6.45, 7) is 7.52. The quantitative estimate of drug-likeness (QED) is 0.899. The molecule has 0 spiro atoms. The number of nitrogens with one attached hydrogen (secondary N) is 2. The summed E-state index contributed by atoms with van der Waals surface area (Å²) in [5.74, 6) is 0.475. The Hall–Kier alpha value is -2.30. The van der Waals surface area contributed by atoms with Crippen molar-refractivity contribution in [2.75, 3.05) is 5.32 Å². The zero-order valence-corrected chi connectivity index (χ0v) is 12.2. The van der Waals surface area contributed by atoms with Gasteiger partial charge in [-0.25, -0.2) is 0 Å². The third kappa shape index (κ3) is 2.99. The average Bonchev–Trinajstić information content (AvgIpc) is 2.71. The highest BCUT2D eigenvalue weighted by molar-refractivity contribution is 6.06. The van der Waals surface area contributed by atoms with E-state index < -0.39 is 0 Å². The molecule has 0 radical (unpaired) electrons. The van der Waals surface area contributed by atoms with E-state index >= 15 is 0 Å². The van der Waals surface area contributed by atoms with E-state index in [4.69, 9.17) is 4.74 Å². The van der Waals surface area contributed by atoms with Crippen molar-refractivity contribution in [1.82, 2.24) is 10.2 Å². The van der Waals surface area contributed by atoms with Gasteiger partial charge in [0.2, 0.25) is 0 Å². The van der Waals surface area contributed by atoms with E-state index in [1.54, 1.807) is 6.92 Å². The Labute approximate surface area is 118 Å². The Morgan fingerprint density at radius 1 is 1.30 bits per heavy atom. The van der Waals surface area contributed by atoms with Crippen molar-refractivity contribution in [2.45, 2.75) is 33.8 Å². The van der Waals surface area contributed by atoms with Crippen molar-refractivity contribution < 1.29 is 9.53 Å². The van der Waals surface area contributed by atoms with Crippen LogP contribution in [0.15, 0.2) is 24.3 Å². The second-order valence-corrected chi connectivity index (χ2v) is 4.93. The van der Waals surface area contributed by atoms with Crippen LogP contribution in [0.5, 0.6) is 5.75 Å². The number of hydrogen-bond acceptors (Lipinski definition) is 3. The molecule has 5 nitrogen and oxygen atoms in total. The lowest BCUT2D eigenvalue weighted by molar-refractivity contribution is 0.102. The number of benzene rings is 1. The van der Waals surface area contributed by atoms with Crippen LogP contribution >= 0.6 is 0 Å². The number of hydrogen-bond donors (Lipinski definition) is 2. The Morgan fingerprint density at radius 3 is 2.60 bits per heavy atom. The number of nitrogens with zero attached hydrogens (tertiary/aromatic N) is 1. The summed E-state index contributed by atoms with van der Waals surface area (Å²) in [7, 11) is 0. The molecule has 1 aromatic carbocycles. The van der Waals surface area contributed by atoms with Crippen LogP contribution < -0.4 is 10.1 Å². The number of amides is 1. The standard InChI is InChI=1S/C15H19N3O2/c1-9(2)20-13-8-6-5-7-12(13)16-15(19)14-10(3)17-18-11(14)4/h5-9H,1-4H3,(H,16,19)(H,17,18). The number of ether oxygens (including phenoxy) is 1. The number of aryl methyl sites for hydroxylation is 2. The molecule has 0 aliphatic rings. The molecule has 0 saturated carbocycles. The zero-order valence-electron chi connectivity index (χ0n) is 12.2. The molecule has 106 valence electrons. The van der Waals surface area contributed by atoms with Gasteiger partial charge in [-0.3, -0.25) is 9.89 Å². The Balaban J connectivity index is 2.24. The molecule has 0 atom stereocenters. The number of H-pyrrole nitrogens is 1. The number of rotatable bonds is 4. The summed E-state index contributed by atoms with van der Waals surface area (Å²) in [5.41, 5.74) is 2.67. The number of carbonyl (C=O) groups excluding carboxylic acids is 1. The van der Waals surface area contributed by atoms with E-state index in [-0.39, 0.29) is 12.0 Å². The van der Waals surface area contributed by atoms with Gasteiger partial charge < -0.3 is 10.1 Å². The number of carbonyl (C=O) groups is 1. The van der Waals surface area contributed by atoms with E-state index in [2.05, 4.69) is 15.5 Å². The lowest BCUT2D eigenvalue weighted by Gasteiger charge is -2.14. The van der Waals surface area contributed by atoms with E-state index in [0.717, 1.165) is 5.69 Å². The molecule has 0 aliphatic carbocycles. The monoisotopic (exact) mass is 273 g/mol. The normalized spacial score (nSPS) is 10.7. The zero-order chi connectivity index (χ0) is 14.7. The van der Waals surface area contributed by atoms with Crippen LogP contribution in [0, 0.1) is 13.8 Å². The van der Waals surface area contributed by atoms with Crippen LogP contribution in [0.25, 0.3) is 0 Å². The molecule has 2 N–H and O–H groups in total. The summed E-state index contributed by atoms with van der Waals surface area (Å²) in [5, 5.41) is 9.72. The second kappa shape index (κ2) is 5.77. The molecule has 2 aromatic rings. The first-order valence-electron chi connectivity index (χ1n) is 6.57. The molecule has 0 bridgehead atoms. The van der Waals surface area contributed by atoms with E-state index in [1.165, 1.54) is 0 Å². The van der Waals surface area contributed by atoms with Gasteiger partial charge in [0, 0.05) is 5.69 Å². The van der Waals surface area contributed by atoms with Crippen LogP contribution in [0.1, 0.15) is 35.6 Å². The van der Waals surface area contributed by atoms with Crippen molar-refractivity contribution in [3.63, 3.8) is 0 Å². The number of aromatic nitrogens is 2. The molecule has 2 rings (SSSR count). The largest absolute Gasteiger partial charge is 0.489 e. The Morgan fingerprint density at radius 2 is 2.00 bits per heavy atom. The van der Waals surface area contributed by atoms with Crippen molar-refractivity contribution in [2.24, 2.45) is 0 Å². The fraction of sp³-hybridized carbons (Fsp3) is 0.333. The summed E-state index contributed by atoms with van der Waals surface area (Å²) < 4.78 is 5.69. The van der Waals surface area contributed by atoms with Crippen LogP contribution in [0.2, 0.25) is 0 Å². The molecular weight excluding hydrogens is 254 g/mol. The molecule has 5 heteroatoms. The maximum absolute atomic E-state index is 12.3. The van der Waals surface area contributed by atoms with Crippen LogP contribution in [-0.2, 0) is 0 Å². The maximum atomic E-state index is 12.3. The average molecular weight is 273 g/mol. The van der Waals surface area contributed by atoms with E-state index in [0.29, 0.717) is 22.7 Å². The number of para-hydroxylation sites is 2. The van der Waals surface area contributed by atoms with Crippen molar-refractivity contribution in [1.29, 1.82) is 0 Å². The fourth-order valence-corrected chi connectivity index (χ4v) is 2.00. The molecule has 0 fully saturated rings. The minimum Gasteiger partial charge on any atom is -0.489 e. The molecule has 1 heterocycles. The Kier molecular flexibility index (Phi) is 4.08. The van der Waals surface area contributed by atoms with Crippen molar-refractivity contribution in [3.05, 3.63) is 41.2 Å². The third-order valence-electron chi connectivity index (χ3n) is 2.85. The Bertz CT molecular complexity index is 598. The van der Waals surface area contributed by atoms with Gasteiger partial charge in [0.1, 0.15) is 5.75 Å². The smallest absolute Gasteiger partial charge is 0.259 e. The topological polar surface area (TPSA) is 67.0 Å². The van der Waals surface area contributed by atoms with E-state index in [1.807, 2.05) is 45.0 Å². The van der Waals surface area contributed by atoms with Crippen LogP contribution in [-0.4, -0.2) is 22.2 Å². The van der Waals surface area contributed by atoms with Gasteiger partial charge >= 0.3 is 0 Å². The van der Waals surface area contributed by atoms with Crippen molar-refractivity contribution in [3.8, 4) is 5.75 Å². The number of aromatic amines is 1. The maximum Gasteiger partial charge on any atom is 0.259 e. The first kappa shape index (κ1) is 14.1. The minimum absolute atomic E-state index is 0.0467. The van der Waals surface area contributed by atoms with Gasteiger partial charge in [-0.2, -0.15) is 5.10 Å². The summed E-state index contributed by atoms with van der Waals surface area (Å²) in [6.07, 6.45) is 0.0467. The van der Waals surface area contributed by atoms with Crippen molar-refractivity contribution >= 4 is 11.6 Å². The van der Waals surface area contributed by atoms with E-state index in [9.17, 15) is 4.79 Å². The predicted octanol–water partition coefficient (Wildman–Crippen LogP) is 3.07. The summed E-state index contributed by atoms with van der Waals surface area (Å²) in [4.78, 5) is 12.3. The summed E-state index contributed by atoms with van der Waals surface area (Å²) >= 11 is 0. The number of anilines is 1. The lowest BCUT2D eigenvalue weighted by atomic mass is 10.2. The second-order valence-electron chi connectivity index (χ2n) is 4.93. The molecular formula is C15H19N3O2. The molecule has 0 aliphatic heterocycles. The highest BCUT2D eigenvalue weighted by Crippen LogP contribution is 2.26. The predicted molar refractivity (Wildman–Crippen MR) is 78.2 cm³/mol. The molecule has 1 aromatic heterocycles. The van der Waals surface area contributed by atoms with Gasteiger partial charge in [0.15, 0.2) is 0 Å². The third-order valence-corrected chi connectivity index (χ3v) is 2.85. The lowest BCUT2D eigenvalue weighted by Crippen LogP contribution is -2.15. The van der Waals surface area contributed by atoms with Gasteiger partial charge in [0.05, 0.1) is 23.0 Å². The van der Waals surface area contributed by atoms with Gasteiger partial charge in [-0.05, 0) is 39.8 Å². The SMILES string of the molecule is Cc1n[nH]c(C)c1C(=O)Nc1ccccc1OC(C)C. The van der Waals surface area contributed by atoms with Crippen LogP contribution in [0.3, 0.4) is 0 Å². The molecule has 0 saturated heterocycles. The molecule has 1 amide bonds. The van der Waals surface area contributed by atoms with Gasteiger partial charge in [0.25, 0.3) is 5.91 Å². The first-order valence-corrected chi connectivity index (χ1v) is 6.57. The van der Waals surface area contributed by atoms with Gasteiger partial charge in [-0.1, -0.05) is 12.1 Å². The highest BCUT2D eigenvalue weighted by Gasteiger charge is 2.17. The molecule has 20 heavy (non-hydrogen) atoms. The van der Waals surface area contributed by atoms with Crippen LogP contribution in [0.4, 0.5) is 5.69 Å². The molecule has 0 unspecified atom stereocenters. The fourth-order valence-electron chi connectivity index (χ4n) is 2.00. The highest BCUT2D eigenvalue weighted by atomic mass is 16.5. The van der Waals surface area contributed by atoms with Gasteiger partial charge in [-0.15, -0.1) is 0 Å².